The minimum absolute atomic E-state index is 0.0909. The molecule has 0 saturated carbocycles. The molecule has 0 radical (unpaired) electrons. The number of carbonyl (C=O) groups excluding carboxylic acids is 1. The quantitative estimate of drug-likeness (QED) is 0.628. The molecule has 3 nitrogen and oxygen atoms in total. The van der Waals surface area contributed by atoms with Gasteiger partial charge in [-0.3, -0.25) is 4.79 Å². The molecule has 0 bridgehead atoms. The summed E-state index contributed by atoms with van der Waals surface area (Å²) in [6.07, 6.45) is 3.24. The van der Waals surface area contributed by atoms with Gasteiger partial charge < -0.3 is 9.64 Å². The molecule has 0 spiro atoms. The molecule has 0 unspecified atom stereocenters. The minimum atomic E-state index is 0.0909. The SMILES string of the molecule is COCC1=CCN(c2ccc(C(C)=O)cc2Br)CC1. The van der Waals surface area contributed by atoms with Gasteiger partial charge in [-0.25, -0.2) is 0 Å². The first-order chi connectivity index (χ1) is 9.11. The van der Waals surface area contributed by atoms with E-state index in [4.69, 9.17) is 4.74 Å². The van der Waals surface area contributed by atoms with Crippen LogP contribution in [0, 0.1) is 0 Å². The zero-order valence-corrected chi connectivity index (χ0v) is 12.9. The fourth-order valence-corrected chi connectivity index (χ4v) is 2.86. The first kappa shape index (κ1) is 14.3. The van der Waals surface area contributed by atoms with Crippen LogP contribution in [0.2, 0.25) is 0 Å². The molecule has 1 aliphatic rings. The number of benzene rings is 1. The van der Waals surface area contributed by atoms with E-state index in [9.17, 15) is 4.79 Å². The average Bonchev–Trinajstić information content (AvgIpc) is 2.40. The van der Waals surface area contributed by atoms with Crippen molar-refractivity contribution < 1.29 is 9.53 Å². The number of hydrogen-bond donors (Lipinski definition) is 0. The number of carbonyl (C=O) groups is 1. The van der Waals surface area contributed by atoms with Crippen molar-refractivity contribution in [2.24, 2.45) is 0 Å². The fourth-order valence-electron chi connectivity index (χ4n) is 2.23. The molecule has 1 aromatic carbocycles. The first-order valence-electron chi connectivity index (χ1n) is 6.34. The molecule has 2 rings (SSSR count). The van der Waals surface area contributed by atoms with E-state index in [0.717, 1.165) is 41.8 Å². The van der Waals surface area contributed by atoms with Crippen LogP contribution >= 0.6 is 15.9 Å². The molecular formula is C15H18BrNO2. The molecule has 1 heterocycles. The van der Waals surface area contributed by atoms with E-state index in [1.807, 2.05) is 18.2 Å². The number of anilines is 1. The van der Waals surface area contributed by atoms with Gasteiger partial charge in [0.2, 0.25) is 0 Å². The zero-order chi connectivity index (χ0) is 13.8. The Kier molecular flexibility index (Phi) is 4.77. The summed E-state index contributed by atoms with van der Waals surface area (Å²) in [5.41, 5.74) is 3.23. The summed E-state index contributed by atoms with van der Waals surface area (Å²) in [5.74, 6) is 0.0909. The summed E-state index contributed by atoms with van der Waals surface area (Å²) in [7, 11) is 1.73. The highest BCUT2D eigenvalue weighted by Crippen LogP contribution is 2.29. The molecule has 0 fully saturated rings. The van der Waals surface area contributed by atoms with Gasteiger partial charge in [-0.15, -0.1) is 0 Å². The molecule has 0 amide bonds. The van der Waals surface area contributed by atoms with E-state index in [0.29, 0.717) is 0 Å². The van der Waals surface area contributed by atoms with E-state index in [1.165, 1.54) is 5.57 Å². The van der Waals surface area contributed by atoms with Crippen LogP contribution in [0.5, 0.6) is 0 Å². The number of methoxy groups -OCH3 is 1. The van der Waals surface area contributed by atoms with Crippen molar-refractivity contribution in [1.82, 2.24) is 0 Å². The molecule has 0 saturated heterocycles. The van der Waals surface area contributed by atoms with Gasteiger partial charge in [-0.2, -0.15) is 0 Å². The third-order valence-electron chi connectivity index (χ3n) is 3.33. The number of halogens is 1. The van der Waals surface area contributed by atoms with Crippen LogP contribution in [0.25, 0.3) is 0 Å². The lowest BCUT2D eigenvalue weighted by Gasteiger charge is -2.29. The van der Waals surface area contributed by atoms with Crippen LogP contribution < -0.4 is 4.90 Å². The molecule has 0 aromatic heterocycles. The molecule has 0 N–H and O–H groups in total. The van der Waals surface area contributed by atoms with Crippen molar-refractivity contribution in [3.8, 4) is 0 Å². The maximum absolute atomic E-state index is 11.3. The van der Waals surface area contributed by atoms with Crippen molar-refractivity contribution in [1.29, 1.82) is 0 Å². The Balaban J connectivity index is 2.14. The fraction of sp³-hybridized carbons (Fsp3) is 0.400. The topological polar surface area (TPSA) is 29.5 Å². The lowest BCUT2D eigenvalue weighted by molar-refractivity contribution is 0.101. The van der Waals surface area contributed by atoms with Gasteiger partial charge in [-0.1, -0.05) is 6.08 Å². The standard InChI is InChI=1S/C15H18BrNO2/c1-11(18)13-3-4-15(14(16)9-13)17-7-5-12(6-8-17)10-19-2/h3-5,9H,6-8,10H2,1-2H3. The maximum atomic E-state index is 11.3. The first-order valence-corrected chi connectivity index (χ1v) is 7.13. The summed E-state index contributed by atoms with van der Waals surface area (Å²) in [4.78, 5) is 13.6. The average molecular weight is 324 g/mol. The second-order valence-corrected chi connectivity index (χ2v) is 5.57. The van der Waals surface area contributed by atoms with Gasteiger partial charge in [0.1, 0.15) is 0 Å². The predicted octanol–water partition coefficient (Wildman–Crippen LogP) is 3.43. The Morgan fingerprint density at radius 2 is 2.26 bits per heavy atom. The van der Waals surface area contributed by atoms with Gasteiger partial charge >= 0.3 is 0 Å². The largest absolute Gasteiger partial charge is 0.380 e. The van der Waals surface area contributed by atoms with Crippen molar-refractivity contribution >= 4 is 27.4 Å². The Morgan fingerprint density at radius 1 is 1.47 bits per heavy atom. The van der Waals surface area contributed by atoms with E-state index in [-0.39, 0.29) is 5.78 Å². The number of hydrogen-bond acceptors (Lipinski definition) is 3. The van der Waals surface area contributed by atoms with Crippen molar-refractivity contribution in [3.05, 3.63) is 39.9 Å². The van der Waals surface area contributed by atoms with Crippen LogP contribution in [-0.4, -0.2) is 32.6 Å². The lowest BCUT2D eigenvalue weighted by Crippen LogP contribution is -2.29. The Hall–Kier alpha value is -1.13. The molecule has 1 aromatic rings. The number of Topliss-reactive ketones (excluding diaryl/α,β-unsaturated/α-hetero) is 1. The van der Waals surface area contributed by atoms with Crippen molar-refractivity contribution in [2.45, 2.75) is 13.3 Å². The lowest BCUT2D eigenvalue weighted by atomic mass is 10.1. The Labute approximate surface area is 122 Å². The normalized spacial score (nSPS) is 15.3. The van der Waals surface area contributed by atoms with Gasteiger partial charge in [0.05, 0.1) is 12.3 Å². The Bertz CT molecular complexity index is 511. The van der Waals surface area contributed by atoms with Gasteiger partial charge in [-0.05, 0) is 53.0 Å². The third kappa shape index (κ3) is 3.45. The van der Waals surface area contributed by atoms with Crippen molar-refractivity contribution in [2.75, 3.05) is 31.7 Å². The monoisotopic (exact) mass is 323 g/mol. The van der Waals surface area contributed by atoms with Gasteiger partial charge in [0.25, 0.3) is 0 Å². The molecule has 102 valence electrons. The van der Waals surface area contributed by atoms with Gasteiger partial charge in [0, 0.05) is 30.2 Å². The molecule has 19 heavy (non-hydrogen) atoms. The van der Waals surface area contributed by atoms with Crippen LogP contribution in [0.3, 0.4) is 0 Å². The summed E-state index contributed by atoms with van der Waals surface area (Å²) >= 11 is 3.56. The molecule has 0 atom stereocenters. The van der Waals surface area contributed by atoms with Crippen LogP contribution in [0.1, 0.15) is 23.7 Å². The zero-order valence-electron chi connectivity index (χ0n) is 11.3. The molecule has 1 aliphatic heterocycles. The third-order valence-corrected chi connectivity index (χ3v) is 3.96. The highest BCUT2D eigenvalue weighted by atomic mass is 79.9. The predicted molar refractivity (Wildman–Crippen MR) is 80.9 cm³/mol. The number of ether oxygens (including phenoxy) is 1. The van der Waals surface area contributed by atoms with E-state index in [1.54, 1.807) is 14.0 Å². The van der Waals surface area contributed by atoms with Crippen LogP contribution in [-0.2, 0) is 4.74 Å². The Morgan fingerprint density at radius 3 is 2.79 bits per heavy atom. The van der Waals surface area contributed by atoms with Crippen LogP contribution in [0.4, 0.5) is 5.69 Å². The van der Waals surface area contributed by atoms with Gasteiger partial charge in [0.15, 0.2) is 5.78 Å². The summed E-state index contributed by atoms with van der Waals surface area (Å²) in [5, 5.41) is 0. The van der Waals surface area contributed by atoms with Crippen molar-refractivity contribution in [3.63, 3.8) is 0 Å². The minimum Gasteiger partial charge on any atom is -0.380 e. The molecular weight excluding hydrogens is 306 g/mol. The summed E-state index contributed by atoms with van der Waals surface area (Å²) in [6, 6.07) is 5.79. The molecule has 4 heteroatoms. The summed E-state index contributed by atoms with van der Waals surface area (Å²) in [6.45, 7) is 4.17. The smallest absolute Gasteiger partial charge is 0.159 e. The van der Waals surface area contributed by atoms with E-state index >= 15 is 0 Å². The van der Waals surface area contributed by atoms with E-state index in [2.05, 4.69) is 26.9 Å². The summed E-state index contributed by atoms with van der Waals surface area (Å²) < 4.78 is 6.13. The number of nitrogens with zero attached hydrogens (tertiary/aromatic N) is 1. The maximum Gasteiger partial charge on any atom is 0.159 e. The second kappa shape index (κ2) is 6.35. The highest BCUT2D eigenvalue weighted by molar-refractivity contribution is 9.10. The van der Waals surface area contributed by atoms with E-state index < -0.39 is 0 Å². The highest BCUT2D eigenvalue weighted by Gasteiger charge is 2.15. The van der Waals surface area contributed by atoms with Crippen LogP contribution in [0.15, 0.2) is 34.3 Å². The second-order valence-electron chi connectivity index (χ2n) is 4.71. The number of ketones is 1. The molecule has 0 aliphatic carbocycles. The number of rotatable bonds is 4.